The molecule has 3 aromatic rings. The van der Waals surface area contributed by atoms with Crippen LogP contribution in [0.25, 0.3) is 10.8 Å². The maximum atomic E-state index is 13.9. The maximum Gasteiger partial charge on any atom is 0.258 e. The van der Waals surface area contributed by atoms with Crippen LogP contribution in [0.5, 0.6) is 0 Å². The number of benzene rings is 3. The number of anilines is 2. The standard InChI is InChI=1S/C20H12F4N2O2/c1-2-26-14-7-10(6-9-4-3-5-11(15(9)14)20(26)28)25-19(27)12-8-13(21)17(23)18(24)16(12)22/h3-8H,2H2,1H3,(H,25,27). The van der Waals surface area contributed by atoms with Crippen LogP contribution >= 0.6 is 0 Å². The molecule has 0 saturated heterocycles. The SMILES string of the molecule is CCN1C(=O)c2cccc3cc(NC(=O)c4cc(F)c(F)c(F)c4F)cc1c23. The summed E-state index contributed by atoms with van der Waals surface area (Å²) in [6, 6.07) is 8.49. The molecule has 1 aliphatic rings. The minimum atomic E-state index is -2.06. The van der Waals surface area contributed by atoms with Crippen LogP contribution in [0.1, 0.15) is 27.6 Å². The molecule has 3 aromatic carbocycles. The first kappa shape index (κ1) is 18.0. The van der Waals surface area contributed by atoms with E-state index in [0.29, 0.717) is 29.2 Å². The largest absolute Gasteiger partial charge is 0.322 e. The van der Waals surface area contributed by atoms with Crippen molar-refractivity contribution in [1.82, 2.24) is 0 Å². The van der Waals surface area contributed by atoms with Crippen molar-refractivity contribution in [2.45, 2.75) is 6.92 Å². The van der Waals surface area contributed by atoms with Gasteiger partial charge in [-0.2, -0.15) is 0 Å². The zero-order chi connectivity index (χ0) is 20.2. The van der Waals surface area contributed by atoms with Crippen molar-refractivity contribution in [3.05, 3.63) is 70.8 Å². The Morgan fingerprint density at radius 2 is 1.79 bits per heavy atom. The van der Waals surface area contributed by atoms with Gasteiger partial charge in [0.15, 0.2) is 23.3 Å². The number of hydrogen-bond donors (Lipinski definition) is 1. The Hall–Kier alpha value is -3.42. The molecule has 142 valence electrons. The van der Waals surface area contributed by atoms with Crippen LogP contribution in [-0.2, 0) is 0 Å². The van der Waals surface area contributed by atoms with Crippen LogP contribution in [-0.4, -0.2) is 18.4 Å². The maximum absolute atomic E-state index is 13.9. The Kier molecular flexibility index (Phi) is 4.06. The summed E-state index contributed by atoms with van der Waals surface area (Å²) in [7, 11) is 0. The van der Waals surface area contributed by atoms with Crippen LogP contribution in [0.2, 0.25) is 0 Å². The zero-order valence-corrected chi connectivity index (χ0v) is 14.4. The van der Waals surface area contributed by atoms with E-state index in [0.717, 1.165) is 5.39 Å². The first-order valence-corrected chi connectivity index (χ1v) is 8.36. The summed E-state index contributed by atoms with van der Waals surface area (Å²) >= 11 is 0. The third kappa shape index (κ3) is 2.52. The minimum absolute atomic E-state index is 0.180. The number of rotatable bonds is 3. The van der Waals surface area contributed by atoms with Gasteiger partial charge in [-0.3, -0.25) is 9.59 Å². The predicted molar refractivity (Wildman–Crippen MR) is 95.5 cm³/mol. The molecule has 2 amide bonds. The van der Waals surface area contributed by atoms with Crippen LogP contribution in [0.15, 0.2) is 36.4 Å². The van der Waals surface area contributed by atoms with Crippen LogP contribution in [0, 0.1) is 23.3 Å². The molecule has 8 heteroatoms. The van der Waals surface area contributed by atoms with Crippen molar-refractivity contribution in [2.24, 2.45) is 0 Å². The van der Waals surface area contributed by atoms with E-state index < -0.39 is 34.7 Å². The fourth-order valence-electron chi connectivity index (χ4n) is 3.37. The van der Waals surface area contributed by atoms with Gasteiger partial charge in [-0.05, 0) is 36.6 Å². The fourth-order valence-corrected chi connectivity index (χ4v) is 3.37. The summed E-state index contributed by atoms with van der Waals surface area (Å²) in [6.07, 6.45) is 0. The number of carbonyl (C=O) groups is 2. The fraction of sp³-hybridized carbons (Fsp3) is 0.100. The molecule has 28 heavy (non-hydrogen) atoms. The minimum Gasteiger partial charge on any atom is -0.322 e. The van der Waals surface area contributed by atoms with Crippen molar-refractivity contribution in [3.63, 3.8) is 0 Å². The van der Waals surface area contributed by atoms with Crippen LogP contribution < -0.4 is 10.2 Å². The van der Waals surface area contributed by atoms with E-state index in [-0.39, 0.29) is 11.6 Å². The van der Waals surface area contributed by atoms with E-state index in [9.17, 15) is 27.2 Å². The highest BCUT2D eigenvalue weighted by Gasteiger charge is 2.29. The normalized spacial score (nSPS) is 12.8. The molecule has 1 N–H and O–H groups in total. The molecule has 0 spiro atoms. The van der Waals surface area contributed by atoms with Gasteiger partial charge in [0, 0.05) is 23.2 Å². The van der Waals surface area contributed by atoms with Gasteiger partial charge < -0.3 is 10.2 Å². The van der Waals surface area contributed by atoms with Gasteiger partial charge >= 0.3 is 0 Å². The van der Waals surface area contributed by atoms with Crippen molar-refractivity contribution in [3.8, 4) is 0 Å². The Morgan fingerprint density at radius 1 is 1.04 bits per heavy atom. The summed E-state index contributed by atoms with van der Waals surface area (Å²) in [5.41, 5.74) is 0.321. The smallest absolute Gasteiger partial charge is 0.258 e. The molecule has 0 aliphatic carbocycles. The second kappa shape index (κ2) is 6.33. The number of carbonyl (C=O) groups excluding carboxylic acids is 2. The molecule has 0 fully saturated rings. The van der Waals surface area contributed by atoms with Gasteiger partial charge in [0.1, 0.15) is 0 Å². The summed E-state index contributed by atoms with van der Waals surface area (Å²) in [4.78, 5) is 26.3. The number of nitrogens with zero attached hydrogens (tertiary/aromatic N) is 1. The molecule has 0 atom stereocenters. The van der Waals surface area contributed by atoms with E-state index >= 15 is 0 Å². The summed E-state index contributed by atoms with van der Waals surface area (Å²) in [5, 5.41) is 3.73. The van der Waals surface area contributed by atoms with Crippen LogP contribution in [0.3, 0.4) is 0 Å². The highest BCUT2D eigenvalue weighted by molar-refractivity contribution is 6.26. The third-order valence-electron chi connectivity index (χ3n) is 4.64. The first-order chi connectivity index (χ1) is 13.3. The number of nitrogens with one attached hydrogen (secondary N) is 1. The molecule has 0 saturated carbocycles. The number of amides is 2. The molecule has 0 aromatic heterocycles. The molecular formula is C20H12F4N2O2. The molecule has 1 aliphatic heterocycles. The predicted octanol–water partition coefficient (Wildman–Crippen LogP) is 4.63. The second-order valence-electron chi connectivity index (χ2n) is 6.25. The van der Waals surface area contributed by atoms with E-state index in [4.69, 9.17) is 0 Å². The molecular weight excluding hydrogens is 376 g/mol. The van der Waals surface area contributed by atoms with E-state index in [1.807, 2.05) is 0 Å². The molecule has 0 radical (unpaired) electrons. The molecule has 4 nitrogen and oxygen atoms in total. The Bertz CT molecular complexity index is 1180. The topological polar surface area (TPSA) is 49.4 Å². The van der Waals surface area contributed by atoms with E-state index in [1.165, 1.54) is 11.0 Å². The highest BCUT2D eigenvalue weighted by Crippen LogP contribution is 2.39. The van der Waals surface area contributed by atoms with E-state index in [2.05, 4.69) is 5.32 Å². The molecule has 0 unspecified atom stereocenters. The first-order valence-electron chi connectivity index (χ1n) is 8.36. The lowest BCUT2D eigenvalue weighted by Gasteiger charge is -2.16. The average Bonchev–Trinajstić information content (AvgIpc) is 2.95. The molecule has 0 bridgehead atoms. The van der Waals surface area contributed by atoms with Crippen LogP contribution in [0.4, 0.5) is 28.9 Å². The highest BCUT2D eigenvalue weighted by atomic mass is 19.2. The summed E-state index contributed by atoms with van der Waals surface area (Å²) in [6.45, 7) is 2.18. The van der Waals surface area contributed by atoms with Gasteiger partial charge in [0.2, 0.25) is 0 Å². The Balaban J connectivity index is 1.77. The van der Waals surface area contributed by atoms with Gasteiger partial charge in [-0.25, -0.2) is 17.6 Å². The zero-order valence-electron chi connectivity index (χ0n) is 14.4. The van der Waals surface area contributed by atoms with E-state index in [1.54, 1.807) is 31.2 Å². The lowest BCUT2D eigenvalue weighted by molar-refractivity contribution is 0.0992. The van der Waals surface area contributed by atoms with Gasteiger partial charge in [0.25, 0.3) is 11.8 Å². The number of halogens is 4. The summed E-state index contributed by atoms with van der Waals surface area (Å²) in [5.74, 6) is -8.83. The van der Waals surface area contributed by atoms with Gasteiger partial charge in [0.05, 0.1) is 11.3 Å². The second-order valence-corrected chi connectivity index (χ2v) is 6.25. The van der Waals surface area contributed by atoms with Crippen molar-refractivity contribution in [1.29, 1.82) is 0 Å². The van der Waals surface area contributed by atoms with Gasteiger partial charge in [-0.1, -0.05) is 12.1 Å². The Labute approximate surface area is 156 Å². The third-order valence-corrected chi connectivity index (χ3v) is 4.64. The number of hydrogen-bond acceptors (Lipinski definition) is 2. The van der Waals surface area contributed by atoms with Crippen molar-refractivity contribution in [2.75, 3.05) is 16.8 Å². The average molecular weight is 388 g/mol. The molecule has 1 heterocycles. The quantitative estimate of drug-likeness (QED) is 0.404. The van der Waals surface area contributed by atoms with Crippen molar-refractivity contribution >= 4 is 34.0 Å². The monoisotopic (exact) mass is 388 g/mol. The molecule has 4 rings (SSSR count). The lowest BCUT2D eigenvalue weighted by Crippen LogP contribution is -2.26. The summed E-state index contributed by atoms with van der Waals surface area (Å²) < 4.78 is 53.8. The Morgan fingerprint density at radius 3 is 2.50 bits per heavy atom. The van der Waals surface area contributed by atoms with Gasteiger partial charge in [-0.15, -0.1) is 0 Å². The van der Waals surface area contributed by atoms with Crippen molar-refractivity contribution < 1.29 is 27.2 Å². The lowest BCUT2D eigenvalue weighted by atomic mass is 10.0.